The lowest BCUT2D eigenvalue weighted by Crippen LogP contribution is -2.21. The molecule has 0 aliphatic carbocycles. The van der Waals surface area contributed by atoms with Gasteiger partial charge in [0, 0.05) is 5.69 Å². The molecule has 0 amide bonds. The zero-order valence-corrected chi connectivity index (χ0v) is 18.3. The average molecular weight is 439 g/mol. The molecule has 7 nitrogen and oxygen atoms in total. The Kier molecular flexibility index (Phi) is 5.65. The van der Waals surface area contributed by atoms with E-state index in [4.69, 9.17) is 4.42 Å². The van der Waals surface area contributed by atoms with Gasteiger partial charge in [-0.1, -0.05) is 36.0 Å². The van der Waals surface area contributed by atoms with Crippen LogP contribution in [0.4, 0.5) is 0 Å². The van der Waals surface area contributed by atoms with Crippen LogP contribution in [0.5, 0.6) is 0 Å². The third-order valence-corrected chi connectivity index (χ3v) is 6.97. The quantitative estimate of drug-likeness (QED) is 0.383. The van der Waals surface area contributed by atoms with Crippen molar-refractivity contribution in [2.24, 2.45) is 0 Å². The van der Waals surface area contributed by atoms with Crippen LogP contribution in [0.2, 0.25) is 0 Å². The summed E-state index contributed by atoms with van der Waals surface area (Å²) in [6.45, 7) is 5.10. The summed E-state index contributed by atoms with van der Waals surface area (Å²) < 4.78 is 8.07. The number of para-hydroxylation sites is 1. The van der Waals surface area contributed by atoms with Gasteiger partial charge in [-0.3, -0.25) is 9.47 Å². The molecule has 4 aromatic rings. The van der Waals surface area contributed by atoms with Crippen LogP contribution in [0.1, 0.15) is 36.7 Å². The average Bonchev–Trinajstić information content (AvgIpc) is 3.56. The zero-order valence-electron chi connectivity index (χ0n) is 16.6. The van der Waals surface area contributed by atoms with E-state index in [1.165, 1.54) is 12.8 Å². The molecule has 0 spiro atoms. The van der Waals surface area contributed by atoms with Crippen molar-refractivity contribution in [3.05, 3.63) is 59.6 Å². The van der Waals surface area contributed by atoms with Gasteiger partial charge in [0.1, 0.15) is 0 Å². The van der Waals surface area contributed by atoms with E-state index >= 15 is 0 Å². The molecular formula is C21H22N6OS2. The van der Waals surface area contributed by atoms with E-state index in [1.54, 1.807) is 23.1 Å². The summed E-state index contributed by atoms with van der Waals surface area (Å²) in [5.41, 5.74) is 1.07. The molecule has 4 heterocycles. The van der Waals surface area contributed by atoms with Gasteiger partial charge < -0.3 is 4.42 Å². The fraction of sp³-hybridized carbons (Fsp3) is 0.333. The molecule has 9 heteroatoms. The largest absolute Gasteiger partial charge is 0.419 e. The minimum absolute atomic E-state index is 0.0440. The summed E-state index contributed by atoms with van der Waals surface area (Å²) in [5, 5.41) is 20.3. The van der Waals surface area contributed by atoms with E-state index in [9.17, 15) is 0 Å². The van der Waals surface area contributed by atoms with Crippen molar-refractivity contribution < 1.29 is 4.42 Å². The maximum atomic E-state index is 5.92. The fourth-order valence-electron chi connectivity index (χ4n) is 3.56. The number of benzene rings is 1. The van der Waals surface area contributed by atoms with Crippen LogP contribution in [0.15, 0.2) is 57.4 Å². The molecule has 30 heavy (non-hydrogen) atoms. The SMILES string of the molecule is CC(Sc1nnc(CN2CCCC2)n1-c1ccccc1)c1nnc(-c2cccs2)o1. The Morgan fingerprint density at radius 3 is 2.63 bits per heavy atom. The Morgan fingerprint density at radius 2 is 1.87 bits per heavy atom. The summed E-state index contributed by atoms with van der Waals surface area (Å²) in [6.07, 6.45) is 2.50. The lowest BCUT2D eigenvalue weighted by molar-refractivity contribution is 0.319. The van der Waals surface area contributed by atoms with Crippen LogP contribution in [-0.2, 0) is 6.54 Å². The maximum Gasteiger partial charge on any atom is 0.257 e. The number of rotatable bonds is 7. The summed E-state index contributed by atoms with van der Waals surface area (Å²) in [5.74, 6) is 2.11. The lowest BCUT2D eigenvalue weighted by Gasteiger charge is -2.16. The first-order valence-electron chi connectivity index (χ1n) is 10.0. The molecule has 1 aromatic carbocycles. The number of thioether (sulfide) groups is 1. The molecule has 0 radical (unpaired) electrons. The zero-order chi connectivity index (χ0) is 20.3. The van der Waals surface area contributed by atoms with E-state index in [-0.39, 0.29) is 5.25 Å². The van der Waals surface area contributed by atoms with Gasteiger partial charge in [0.2, 0.25) is 5.89 Å². The Bertz CT molecular complexity index is 1090. The van der Waals surface area contributed by atoms with Gasteiger partial charge in [-0.2, -0.15) is 0 Å². The second-order valence-corrected chi connectivity index (χ2v) is 9.49. The van der Waals surface area contributed by atoms with Crippen molar-refractivity contribution in [1.29, 1.82) is 0 Å². The first-order valence-corrected chi connectivity index (χ1v) is 11.8. The molecule has 0 N–H and O–H groups in total. The van der Waals surface area contributed by atoms with Crippen LogP contribution in [0.3, 0.4) is 0 Å². The molecule has 1 aliphatic heterocycles. The summed E-state index contributed by atoms with van der Waals surface area (Å²) in [7, 11) is 0. The van der Waals surface area contributed by atoms with E-state index in [1.807, 2.05) is 35.7 Å². The topological polar surface area (TPSA) is 72.9 Å². The van der Waals surface area contributed by atoms with E-state index in [2.05, 4.69) is 48.9 Å². The minimum Gasteiger partial charge on any atom is -0.419 e. The van der Waals surface area contributed by atoms with Gasteiger partial charge in [-0.05, 0) is 56.4 Å². The van der Waals surface area contributed by atoms with Crippen LogP contribution in [-0.4, -0.2) is 43.0 Å². The van der Waals surface area contributed by atoms with Crippen LogP contribution >= 0.6 is 23.1 Å². The Morgan fingerprint density at radius 1 is 1.03 bits per heavy atom. The van der Waals surface area contributed by atoms with E-state index < -0.39 is 0 Å². The molecule has 0 saturated carbocycles. The van der Waals surface area contributed by atoms with Gasteiger partial charge in [-0.25, -0.2) is 0 Å². The summed E-state index contributed by atoms with van der Waals surface area (Å²) in [6, 6.07) is 14.2. The van der Waals surface area contributed by atoms with Gasteiger partial charge in [0.25, 0.3) is 5.89 Å². The van der Waals surface area contributed by atoms with Crippen LogP contribution in [0.25, 0.3) is 16.5 Å². The second kappa shape index (κ2) is 8.71. The van der Waals surface area contributed by atoms with Crippen molar-refractivity contribution in [2.75, 3.05) is 13.1 Å². The molecule has 1 unspecified atom stereocenters. The Labute approximate surface area is 183 Å². The monoisotopic (exact) mass is 438 g/mol. The molecule has 1 saturated heterocycles. The highest BCUT2D eigenvalue weighted by molar-refractivity contribution is 7.99. The number of thiophene rings is 1. The van der Waals surface area contributed by atoms with Gasteiger partial charge >= 0.3 is 0 Å². The smallest absolute Gasteiger partial charge is 0.257 e. The van der Waals surface area contributed by atoms with Crippen LogP contribution < -0.4 is 0 Å². The first kappa shape index (κ1) is 19.5. The van der Waals surface area contributed by atoms with Crippen molar-refractivity contribution >= 4 is 23.1 Å². The van der Waals surface area contributed by atoms with Crippen molar-refractivity contribution in [3.63, 3.8) is 0 Å². The standard InChI is InChI=1S/C21H22N6OS2/c1-15(19-23-24-20(28-19)17-10-7-13-29-17)30-21-25-22-18(14-26-11-5-6-12-26)27(21)16-8-3-2-4-9-16/h2-4,7-10,13,15H,5-6,11-12,14H2,1H3. The highest BCUT2D eigenvalue weighted by Crippen LogP contribution is 2.36. The second-order valence-electron chi connectivity index (χ2n) is 7.24. The lowest BCUT2D eigenvalue weighted by atomic mass is 10.3. The highest BCUT2D eigenvalue weighted by atomic mass is 32.2. The molecule has 5 rings (SSSR count). The number of nitrogens with zero attached hydrogens (tertiary/aromatic N) is 6. The molecule has 1 aliphatic rings. The Balaban J connectivity index is 1.41. The normalized spacial score (nSPS) is 15.6. The van der Waals surface area contributed by atoms with Crippen molar-refractivity contribution in [2.45, 2.75) is 36.7 Å². The maximum absolute atomic E-state index is 5.92. The molecule has 1 atom stereocenters. The molecular weight excluding hydrogens is 416 g/mol. The summed E-state index contributed by atoms with van der Waals surface area (Å²) in [4.78, 5) is 3.42. The number of hydrogen-bond acceptors (Lipinski definition) is 8. The first-order chi connectivity index (χ1) is 14.8. The van der Waals surface area contributed by atoms with Crippen molar-refractivity contribution in [1.82, 2.24) is 29.9 Å². The molecule has 1 fully saturated rings. The number of hydrogen-bond donors (Lipinski definition) is 0. The van der Waals surface area contributed by atoms with Gasteiger partial charge in [0.15, 0.2) is 11.0 Å². The van der Waals surface area contributed by atoms with E-state index in [0.29, 0.717) is 11.8 Å². The number of aromatic nitrogens is 5. The van der Waals surface area contributed by atoms with Gasteiger partial charge in [0.05, 0.1) is 16.7 Å². The van der Waals surface area contributed by atoms with Crippen LogP contribution in [0, 0.1) is 0 Å². The van der Waals surface area contributed by atoms with Gasteiger partial charge in [-0.15, -0.1) is 31.7 Å². The fourth-order valence-corrected chi connectivity index (χ4v) is 5.12. The predicted octanol–water partition coefficient (Wildman–Crippen LogP) is 4.83. The molecule has 3 aromatic heterocycles. The minimum atomic E-state index is -0.0440. The van der Waals surface area contributed by atoms with Crippen molar-refractivity contribution in [3.8, 4) is 16.5 Å². The Hall–Kier alpha value is -2.49. The third-order valence-electron chi connectivity index (χ3n) is 5.08. The third kappa shape index (κ3) is 4.05. The highest BCUT2D eigenvalue weighted by Gasteiger charge is 2.23. The molecule has 0 bridgehead atoms. The number of likely N-dealkylation sites (tertiary alicyclic amines) is 1. The summed E-state index contributed by atoms with van der Waals surface area (Å²) >= 11 is 3.17. The molecule has 154 valence electrons. The predicted molar refractivity (Wildman–Crippen MR) is 118 cm³/mol. The van der Waals surface area contributed by atoms with E-state index in [0.717, 1.165) is 41.2 Å².